The highest BCUT2D eigenvalue weighted by Crippen LogP contribution is 2.24. The van der Waals surface area contributed by atoms with Crippen molar-refractivity contribution < 1.29 is 9.59 Å². The fourth-order valence-corrected chi connectivity index (χ4v) is 2.85. The number of carbonyl (C=O) groups is 2. The number of carbonyl (C=O) groups excluding carboxylic acids is 2. The van der Waals surface area contributed by atoms with Gasteiger partial charge in [-0.05, 0) is 48.9 Å². The van der Waals surface area contributed by atoms with Crippen LogP contribution >= 0.6 is 0 Å². The summed E-state index contributed by atoms with van der Waals surface area (Å²) in [5.41, 5.74) is 1.96. The summed E-state index contributed by atoms with van der Waals surface area (Å²) in [6.45, 7) is 8.45. The summed E-state index contributed by atoms with van der Waals surface area (Å²) in [5.74, 6) is 0.811. The fraction of sp³-hybridized carbons (Fsp3) is 0.579. The zero-order chi connectivity index (χ0) is 17.5. The van der Waals surface area contributed by atoms with Gasteiger partial charge in [-0.3, -0.25) is 9.59 Å². The Labute approximate surface area is 144 Å². The molecule has 0 atom stereocenters. The molecule has 1 saturated heterocycles. The maximum Gasteiger partial charge on any atom is 0.243 e. The third-order valence-corrected chi connectivity index (χ3v) is 4.34. The van der Waals surface area contributed by atoms with E-state index in [1.807, 2.05) is 38.1 Å². The lowest BCUT2D eigenvalue weighted by atomic mass is 9.99. The predicted molar refractivity (Wildman–Crippen MR) is 98.1 cm³/mol. The van der Waals surface area contributed by atoms with E-state index in [9.17, 15) is 9.59 Å². The Balaban J connectivity index is 1.78. The Bertz CT molecular complexity index is 546. The molecule has 1 aliphatic heterocycles. The number of benzene rings is 1. The van der Waals surface area contributed by atoms with Gasteiger partial charge in [0.1, 0.15) is 0 Å². The van der Waals surface area contributed by atoms with E-state index in [1.165, 1.54) is 18.5 Å². The second kappa shape index (κ2) is 8.71. The summed E-state index contributed by atoms with van der Waals surface area (Å²) in [7, 11) is 0. The molecule has 1 aromatic carbocycles. The Morgan fingerprint density at radius 1 is 1.12 bits per heavy atom. The molecule has 2 N–H and O–H groups in total. The van der Waals surface area contributed by atoms with Gasteiger partial charge in [-0.25, -0.2) is 0 Å². The molecule has 1 fully saturated rings. The van der Waals surface area contributed by atoms with Crippen molar-refractivity contribution in [1.29, 1.82) is 0 Å². The van der Waals surface area contributed by atoms with Crippen molar-refractivity contribution in [3.05, 3.63) is 24.3 Å². The molecule has 0 bridgehead atoms. The topological polar surface area (TPSA) is 61.4 Å². The number of piperidine rings is 1. The van der Waals surface area contributed by atoms with Crippen molar-refractivity contribution in [1.82, 2.24) is 5.32 Å². The molecule has 24 heavy (non-hydrogen) atoms. The molecule has 2 amide bonds. The summed E-state index contributed by atoms with van der Waals surface area (Å²) in [4.78, 5) is 25.8. The van der Waals surface area contributed by atoms with Crippen LogP contribution in [0.4, 0.5) is 11.4 Å². The van der Waals surface area contributed by atoms with Crippen LogP contribution in [-0.4, -0.2) is 31.4 Å². The first kappa shape index (κ1) is 18.3. The number of hydrogen-bond acceptors (Lipinski definition) is 3. The molecule has 1 aromatic rings. The number of hydrogen-bond donors (Lipinski definition) is 2. The summed E-state index contributed by atoms with van der Waals surface area (Å²) >= 11 is 0. The van der Waals surface area contributed by atoms with Crippen molar-refractivity contribution in [2.24, 2.45) is 11.8 Å². The van der Waals surface area contributed by atoms with Crippen LogP contribution in [-0.2, 0) is 9.59 Å². The maximum atomic E-state index is 11.9. The van der Waals surface area contributed by atoms with Crippen LogP contribution < -0.4 is 15.5 Å². The second-order valence-electron chi connectivity index (χ2n) is 7.14. The molecule has 2 rings (SSSR count). The Hall–Kier alpha value is -2.04. The lowest BCUT2D eigenvalue weighted by Gasteiger charge is -2.32. The first-order valence-electron chi connectivity index (χ1n) is 8.85. The van der Waals surface area contributed by atoms with Gasteiger partial charge in [-0.2, -0.15) is 0 Å². The highest BCUT2D eigenvalue weighted by atomic mass is 16.2. The highest BCUT2D eigenvalue weighted by molar-refractivity contribution is 5.94. The Kier molecular flexibility index (Phi) is 6.64. The molecule has 0 aromatic heterocycles. The first-order chi connectivity index (χ1) is 11.4. The van der Waals surface area contributed by atoms with Gasteiger partial charge in [0.2, 0.25) is 11.8 Å². The molecule has 0 aliphatic carbocycles. The minimum Gasteiger partial charge on any atom is -0.372 e. The fourth-order valence-electron chi connectivity index (χ4n) is 2.85. The Morgan fingerprint density at radius 3 is 2.33 bits per heavy atom. The van der Waals surface area contributed by atoms with E-state index in [1.54, 1.807) is 0 Å². The minimum absolute atomic E-state index is 0.0112. The lowest BCUT2D eigenvalue weighted by molar-refractivity contribution is -0.124. The smallest absolute Gasteiger partial charge is 0.243 e. The molecule has 0 spiro atoms. The quantitative estimate of drug-likeness (QED) is 0.842. The lowest BCUT2D eigenvalue weighted by Crippen LogP contribution is -2.33. The highest BCUT2D eigenvalue weighted by Gasteiger charge is 2.16. The van der Waals surface area contributed by atoms with Crippen molar-refractivity contribution in [2.75, 3.05) is 29.9 Å². The second-order valence-corrected chi connectivity index (χ2v) is 7.14. The molecule has 1 aliphatic rings. The van der Waals surface area contributed by atoms with E-state index < -0.39 is 0 Å². The SMILES string of the molecule is CC(C)CC(=O)NCC(=O)Nc1ccc(N2CCC(C)CC2)cc1. The van der Waals surface area contributed by atoms with Crippen molar-refractivity contribution in [3.63, 3.8) is 0 Å². The maximum absolute atomic E-state index is 11.9. The van der Waals surface area contributed by atoms with Crippen LogP contribution in [0, 0.1) is 11.8 Å². The molecular formula is C19H29N3O2. The van der Waals surface area contributed by atoms with Gasteiger partial charge in [0.15, 0.2) is 0 Å². The van der Waals surface area contributed by atoms with E-state index >= 15 is 0 Å². The summed E-state index contributed by atoms with van der Waals surface area (Å²) in [6, 6.07) is 7.92. The zero-order valence-electron chi connectivity index (χ0n) is 15.0. The molecule has 5 nitrogen and oxygen atoms in total. The van der Waals surface area contributed by atoms with Gasteiger partial charge in [0.05, 0.1) is 6.54 Å². The molecule has 132 valence electrons. The van der Waals surface area contributed by atoms with E-state index in [2.05, 4.69) is 22.5 Å². The number of nitrogens with one attached hydrogen (secondary N) is 2. The van der Waals surface area contributed by atoms with Gasteiger partial charge in [0, 0.05) is 30.9 Å². The summed E-state index contributed by atoms with van der Waals surface area (Å²) < 4.78 is 0. The molecule has 0 radical (unpaired) electrons. The number of anilines is 2. The number of nitrogens with zero attached hydrogens (tertiary/aromatic N) is 1. The van der Waals surface area contributed by atoms with Crippen molar-refractivity contribution in [2.45, 2.75) is 40.0 Å². The number of rotatable bonds is 6. The monoisotopic (exact) mass is 331 g/mol. The zero-order valence-corrected chi connectivity index (χ0v) is 15.0. The third kappa shape index (κ3) is 5.87. The standard InChI is InChI=1S/C19H29N3O2/c1-14(2)12-18(23)20-13-19(24)21-16-4-6-17(7-5-16)22-10-8-15(3)9-11-22/h4-7,14-15H,8-13H2,1-3H3,(H,20,23)(H,21,24). The molecule has 0 saturated carbocycles. The summed E-state index contributed by atoms with van der Waals surface area (Å²) in [5, 5.41) is 5.46. The van der Waals surface area contributed by atoms with Gasteiger partial charge >= 0.3 is 0 Å². The van der Waals surface area contributed by atoms with E-state index in [0.29, 0.717) is 12.3 Å². The van der Waals surface area contributed by atoms with Crippen LogP contribution in [0.5, 0.6) is 0 Å². The van der Waals surface area contributed by atoms with Gasteiger partial charge < -0.3 is 15.5 Å². The van der Waals surface area contributed by atoms with E-state index in [4.69, 9.17) is 0 Å². The van der Waals surface area contributed by atoms with Crippen LogP contribution in [0.1, 0.15) is 40.0 Å². The van der Waals surface area contributed by atoms with Crippen LogP contribution in [0.3, 0.4) is 0 Å². The number of amides is 2. The van der Waals surface area contributed by atoms with Gasteiger partial charge in [-0.15, -0.1) is 0 Å². The largest absolute Gasteiger partial charge is 0.372 e. The van der Waals surface area contributed by atoms with Gasteiger partial charge in [-0.1, -0.05) is 20.8 Å². The third-order valence-electron chi connectivity index (χ3n) is 4.34. The predicted octanol–water partition coefficient (Wildman–Crippen LogP) is 3.02. The summed E-state index contributed by atoms with van der Waals surface area (Å²) in [6.07, 6.45) is 2.90. The van der Waals surface area contributed by atoms with Crippen LogP contribution in [0.15, 0.2) is 24.3 Å². The van der Waals surface area contributed by atoms with Crippen LogP contribution in [0.2, 0.25) is 0 Å². The van der Waals surface area contributed by atoms with Crippen molar-refractivity contribution in [3.8, 4) is 0 Å². The minimum atomic E-state index is -0.202. The average molecular weight is 331 g/mol. The van der Waals surface area contributed by atoms with Gasteiger partial charge in [0.25, 0.3) is 0 Å². The average Bonchev–Trinajstić information content (AvgIpc) is 2.54. The molecule has 0 unspecified atom stereocenters. The Morgan fingerprint density at radius 2 is 1.75 bits per heavy atom. The first-order valence-corrected chi connectivity index (χ1v) is 8.85. The molecule has 5 heteroatoms. The van der Waals surface area contributed by atoms with E-state index in [-0.39, 0.29) is 18.4 Å². The van der Waals surface area contributed by atoms with E-state index in [0.717, 1.165) is 24.7 Å². The normalized spacial score (nSPS) is 15.4. The van der Waals surface area contributed by atoms with Crippen molar-refractivity contribution >= 4 is 23.2 Å². The molecule has 1 heterocycles. The van der Waals surface area contributed by atoms with Crippen LogP contribution in [0.25, 0.3) is 0 Å². The molecular weight excluding hydrogens is 302 g/mol.